The Bertz CT molecular complexity index is 454. The Hall–Kier alpha value is -1.22. The van der Waals surface area contributed by atoms with E-state index in [0.29, 0.717) is 0 Å². The molecule has 1 aromatic carbocycles. The van der Waals surface area contributed by atoms with E-state index >= 15 is 0 Å². The lowest BCUT2D eigenvalue weighted by Gasteiger charge is -2.46. The summed E-state index contributed by atoms with van der Waals surface area (Å²) < 4.78 is 12.0. The molecule has 2 fully saturated rings. The highest BCUT2D eigenvalue weighted by Crippen LogP contribution is 2.43. The van der Waals surface area contributed by atoms with Crippen molar-refractivity contribution in [3.05, 3.63) is 23.8 Å². The Morgan fingerprint density at radius 2 is 2.26 bits per heavy atom. The van der Waals surface area contributed by atoms with Gasteiger partial charge in [-0.15, -0.1) is 0 Å². The van der Waals surface area contributed by atoms with Crippen molar-refractivity contribution in [1.29, 1.82) is 0 Å². The Morgan fingerprint density at radius 3 is 2.89 bits per heavy atom. The highest BCUT2D eigenvalue weighted by atomic mass is 16.5. The molecular weight excluding hydrogens is 238 g/mol. The van der Waals surface area contributed by atoms with E-state index in [0.717, 1.165) is 37.3 Å². The highest BCUT2D eigenvalue weighted by molar-refractivity contribution is 5.54. The molecule has 1 heterocycles. The Balaban J connectivity index is 1.67. The zero-order valence-electron chi connectivity index (χ0n) is 11.7. The van der Waals surface area contributed by atoms with Gasteiger partial charge >= 0.3 is 0 Å². The van der Waals surface area contributed by atoms with Crippen LogP contribution in [0.25, 0.3) is 0 Å². The molecule has 1 aromatic rings. The molecule has 19 heavy (non-hydrogen) atoms. The maximum atomic E-state index is 6.11. The second-order valence-electron chi connectivity index (χ2n) is 5.84. The van der Waals surface area contributed by atoms with E-state index in [4.69, 9.17) is 15.2 Å². The first-order valence-electron chi connectivity index (χ1n) is 7.40. The zero-order chi connectivity index (χ0) is 13.3. The normalized spacial score (nSPS) is 25.0. The molecule has 1 spiro atoms. The van der Waals surface area contributed by atoms with Crippen LogP contribution in [0.4, 0.5) is 5.69 Å². The summed E-state index contributed by atoms with van der Waals surface area (Å²) in [6.45, 7) is 2.95. The number of anilines is 1. The first-order valence-corrected chi connectivity index (χ1v) is 7.40. The van der Waals surface area contributed by atoms with Gasteiger partial charge < -0.3 is 15.2 Å². The molecule has 0 radical (unpaired) electrons. The summed E-state index contributed by atoms with van der Waals surface area (Å²) in [6, 6.07) is 6.13. The van der Waals surface area contributed by atoms with Crippen LogP contribution in [0.1, 0.15) is 44.6 Å². The van der Waals surface area contributed by atoms with Crippen molar-refractivity contribution < 1.29 is 9.47 Å². The molecule has 1 aliphatic carbocycles. The number of hydrogen-bond donors (Lipinski definition) is 1. The number of aryl methyl sites for hydroxylation is 1. The lowest BCUT2D eigenvalue weighted by molar-refractivity contribution is -0.153. The minimum atomic E-state index is 0.126. The lowest BCUT2D eigenvalue weighted by atomic mass is 9.74. The van der Waals surface area contributed by atoms with Gasteiger partial charge in [0.25, 0.3) is 0 Å². The molecule has 1 unspecified atom stereocenters. The molecule has 0 bridgehead atoms. The summed E-state index contributed by atoms with van der Waals surface area (Å²) in [5, 5.41) is 0. The van der Waals surface area contributed by atoms with Crippen LogP contribution in [0.3, 0.4) is 0 Å². The van der Waals surface area contributed by atoms with Crippen LogP contribution in [-0.2, 0) is 11.2 Å². The van der Waals surface area contributed by atoms with Gasteiger partial charge in [0.15, 0.2) is 0 Å². The Morgan fingerprint density at radius 1 is 1.42 bits per heavy atom. The molecule has 2 N–H and O–H groups in total. The monoisotopic (exact) mass is 261 g/mol. The largest absolute Gasteiger partial charge is 0.488 e. The number of nitrogen functional groups attached to an aromatic ring is 1. The topological polar surface area (TPSA) is 44.5 Å². The molecule has 1 saturated heterocycles. The second kappa shape index (κ2) is 5.04. The number of benzene rings is 1. The summed E-state index contributed by atoms with van der Waals surface area (Å²) in [5.74, 6) is 0.832. The molecule has 1 aliphatic heterocycles. The van der Waals surface area contributed by atoms with E-state index < -0.39 is 0 Å². The number of ether oxygens (including phenoxy) is 2. The maximum absolute atomic E-state index is 6.11. The summed E-state index contributed by atoms with van der Waals surface area (Å²) in [4.78, 5) is 0. The molecule has 3 heteroatoms. The van der Waals surface area contributed by atoms with Crippen LogP contribution in [0, 0.1) is 0 Å². The fraction of sp³-hybridized carbons (Fsp3) is 0.625. The van der Waals surface area contributed by atoms with Gasteiger partial charge in [-0.1, -0.05) is 13.0 Å². The first-order chi connectivity index (χ1) is 9.21. The molecule has 3 rings (SSSR count). The van der Waals surface area contributed by atoms with Crippen LogP contribution in [-0.4, -0.2) is 18.3 Å². The van der Waals surface area contributed by atoms with Crippen molar-refractivity contribution in [3.63, 3.8) is 0 Å². The van der Waals surface area contributed by atoms with Gasteiger partial charge in [0, 0.05) is 12.8 Å². The van der Waals surface area contributed by atoms with Gasteiger partial charge in [0.1, 0.15) is 11.9 Å². The van der Waals surface area contributed by atoms with Crippen LogP contribution in [0.2, 0.25) is 0 Å². The van der Waals surface area contributed by atoms with Crippen molar-refractivity contribution in [2.24, 2.45) is 0 Å². The van der Waals surface area contributed by atoms with Crippen LogP contribution >= 0.6 is 0 Å². The van der Waals surface area contributed by atoms with Gasteiger partial charge in [0.2, 0.25) is 0 Å². The highest BCUT2D eigenvalue weighted by Gasteiger charge is 2.43. The van der Waals surface area contributed by atoms with Crippen molar-refractivity contribution in [3.8, 4) is 5.75 Å². The van der Waals surface area contributed by atoms with E-state index in [9.17, 15) is 0 Å². The standard InChI is InChI=1S/C16H23NO2/c1-2-12-4-5-15(14(17)10-12)19-13-6-9-18-16(11-13)7-3-8-16/h4-5,10,13H,2-3,6-9,11,17H2,1H3. The fourth-order valence-corrected chi connectivity index (χ4v) is 3.11. The fourth-order valence-electron chi connectivity index (χ4n) is 3.11. The summed E-state index contributed by atoms with van der Waals surface area (Å²) in [5.41, 5.74) is 8.21. The second-order valence-corrected chi connectivity index (χ2v) is 5.84. The molecule has 3 nitrogen and oxygen atoms in total. The maximum Gasteiger partial charge on any atom is 0.142 e. The van der Waals surface area contributed by atoms with E-state index in [-0.39, 0.29) is 11.7 Å². The Labute approximate surface area is 115 Å². The van der Waals surface area contributed by atoms with Gasteiger partial charge in [0.05, 0.1) is 17.9 Å². The van der Waals surface area contributed by atoms with Crippen molar-refractivity contribution >= 4 is 5.69 Å². The van der Waals surface area contributed by atoms with Crippen LogP contribution < -0.4 is 10.5 Å². The third-order valence-corrected chi connectivity index (χ3v) is 4.49. The summed E-state index contributed by atoms with van der Waals surface area (Å²) in [7, 11) is 0. The average Bonchev–Trinajstić information content (AvgIpc) is 2.39. The zero-order valence-corrected chi connectivity index (χ0v) is 11.7. The molecule has 104 valence electrons. The Kier molecular flexibility index (Phi) is 3.40. The molecule has 0 amide bonds. The van der Waals surface area contributed by atoms with E-state index in [1.54, 1.807) is 0 Å². The predicted octanol–water partition coefficient (Wildman–Crippen LogP) is 3.31. The van der Waals surface area contributed by atoms with Gasteiger partial charge in [-0.3, -0.25) is 0 Å². The van der Waals surface area contributed by atoms with E-state index in [1.165, 1.54) is 24.8 Å². The third kappa shape index (κ3) is 2.57. The summed E-state index contributed by atoms with van der Waals surface area (Å²) in [6.07, 6.45) is 6.92. The van der Waals surface area contributed by atoms with Gasteiger partial charge in [-0.05, 0) is 43.4 Å². The van der Waals surface area contributed by atoms with Crippen LogP contribution in [0.15, 0.2) is 18.2 Å². The van der Waals surface area contributed by atoms with E-state index in [2.05, 4.69) is 13.0 Å². The molecule has 1 saturated carbocycles. The SMILES string of the molecule is CCc1ccc(OC2CCOC3(CCC3)C2)c(N)c1. The summed E-state index contributed by atoms with van der Waals surface area (Å²) >= 11 is 0. The third-order valence-electron chi connectivity index (χ3n) is 4.49. The lowest BCUT2D eigenvalue weighted by Crippen LogP contribution is -2.48. The number of nitrogens with two attached hydrogens (primary N) is 1. The van der Waals surface area contributed by atoms with Gasteiger partial charge in [-0.2, -0.15) is 0 Å². The van der Waals surface area contributed by atoms with Crippen molar-refractivity contribution in [2.45, 2.75) is 57.2 Å². The van der Waals surface area contributed by atoms with Crippen molar-refractivity contribution in [2.75, 3.05) is 12.3 Å². The minimum absolute atomic E-state index is 0.126. The number of rotatable bonds is 3. The van der Waals surface area contributed by atoms with Gasteiger partial charge in [-0.25, -0.2) is 0 Å². The molecule has 1 atom stereocenters. The molecular formula is C16H23NO2. The van der Waals surface area contributed by atoms with E-state index in [1.807, 2.05) is 12.1 Å². The molecule has 2 aliphatic rings. The average molecular weight is 261 g/mol. The smallest absolute Gasteiger partial charge is 0.142 e. The molecule has 0 aromatic heterocycles. The number of hydrogen-bond acceptors (Lipinski definition) is 3. The quantitative estimate of drug-likeness (QED) is 0.849. The van der Waals surface area contributed by atoms with Crippen molar-refractivity contribution in [1.82, 2.24) is 0 Å². The minimum Gasteiger partial charge on any atom is -0.488 e. The predicted molar refractivity (Wildman–Crippen MR) is 76.4 cm³/mol. The first kappa shape index (κ1) is 12.8. The van der Waals surface area contributed by atoms with Crippen LogP contribution in [0.5, 0.6) is 5.75 Å².